The number of halogens is 5. The van der Waals surface area contributed by atoms with Crippen LogP contribution in [0.2, 0.25) is 20.1 Å². The van der Waals surface area contributed by atoms with E-state index >= 15 is 0 Å². The molecule has 0 radical (unpaired) electrons. The Balaban J connectivity index is 0.000000181. The molecule has 0 heterocycles. The van der Waals surface area contributed by atoms with Crippen molar-refractivity contribution in [2.75, 3.05) is 0 Å². The van der Waals surface area contributed by atoms with Crippen LogP contribution in [0, 0.1) is 0 Å². The Labute approximate surface area is 213 Å². The average Bonchev–Trinajstić information content (AvgIpc) is 2.81. The molecule has 4 rings (SSSR count). The van der Waals surface area contributed by atoms with E-state index in [2.05, 4.69) is 0 Å². The standard InChI is InChI=1S/C13H9Cl3.C13H10Cl2O/c2*14-11-5-1-9(2-6-11)13(16)10-3-7-12(15)8-4-10/h1-8,13H;1-8,13,16H. The highest BCUT2D eigenvalue weighted by Gasteiger charge is 2.10. The molecule has 1 nitrogen and oxygen atoms in total. The quantitative estimate of drug-likeness (QED) is 0.264. The van der Waals surface area contributed by atoms with Crippen LogP contribution in [0.3, 0.4) is 0 Å². The number of aliphatic hydroxyl groups excluding tert-OH is 1. The minimum absolute atomic E-state index is 0.172. The molecule has 0 fully saturated rings. The molecule has 0 aliphatic heterocycles. The van der Waals surface area contributed by atoms with Gasteiger partial charge in [0.1, 0.15) is 6.10 Å². The molecule has 0 spiro atoms. The van der Waals surface area contributed by atoms with Crippen molar-refractivity contribution in [1.82, 2.24) is 0 Å². The minimum Gasteiger partial charge on any atom is -0.384 e. The molecule has 0 saturated carbocycles. The van der Waals surface area contributed by atoms with Crippen LogP contribution in [0.4, 0.5) is 0 Å². The molecule has 164 valence electrons. The van der Waals surface area contributed by atoms with E-state index in [0.29, 0.717) is 20.1 Å². The van der Waals surface area contributed by atoms with E-state index in [-0.39, 0.29) is 5.38 Å². The first-order valence-corrected chi connectivity index (χ1v) is 11.6. The average molecular weight is 525 g/mol. The molecule has 1 N–H and O–H groups in total. The predicted octanol–water partition coefficient (Wildman–Crippen LogP) is 9.40. The van der Waals surface area contributed by atoms with E-state index in [1.165, 1.54) is 0 Å². The number of alkyl halides is 1. The lowest BCUT2D eigenvalue weighted by molar-refractivity contribution is 0.220. The normalized spacial score (nSPS) is 10.8. The monoisotopic (exact) mass is 522 g/mol. The second-order valence-corrected chi connectivity index (χ2v) is 9.15. The van der Waals surface area contributed by atoms with Gasteiger partial charge in [0, 0.05) is 20.1 Å². The largest absolute Gasteiger partial charge is 0.384 e. The highest BCUT2D eigenvalue weighted by atomic mass is 35.5. The van der Waals surface area contributed by atoms with Crippen LogP contribution in [0.5, 0.6) is 0 Å². The summed E-state index contributed by atoms with van der Waals surface area (Å²) in [6, 6.07) is 29.3. The molecule has 32 heavy (non-hydrogen) atoms. The maximum absolute atomic E-state index is 10.1. The fourth-order valence-corrected chi connectivity index (χ4v) is 3.73. The second-order valence-electron chi connectivity index (χ2n) is 6.97. The summed E-state index contributed by atoms with van der Waals surface area (Å²) in [5.74, 6) is 0. The summed E-state index contributed by atoms with van der Waals surface area (Å²) in [5, 5.41) is 12.7. The summed E-state index contributed by atoms with van der Waals surface area (Å²) in [6.45, 7) is 0. The Morgan fingerprint density at radius 2 is 0.625 bits per heavy atom. The van der Waals surface area contributed by atoms with Crippen LogP contribution in [0.1, 0.15) is 33.7 Å². The molecule has 4 aromatic carbocycles. The first-order valence-electron chi connectivity index (χ1n) is 9.67. The van der Waals surface area contributed by atoms with Crippen molar-refractivity contribution in [1.29, 1.82) is 0 Å². The van der Waals surface area contributed by atoms with Crippen LogP contribution in [0.15, 0.2) is 97.1 Å². The minimum atomic E-state index is -0.644. The van der Waals surface area contributed by atoms with Gasteiger partial charge in [-0.1, -0.05) is 94.9 Å². The van der Waals surface area contributed by atoms with E-state index in [0.717, 1.165) is 22.3 Å². The summed E-state index contributed by atoms with van der Waals surface area (Å²) in [6.07, 6.45) is -0.644. The molecule has 0 bridgehead atoms. The molecule has 0 amide bonds. The topological polar surface area (TPSA) is 20.2 Å². The predicted molar refractivity (Wildman–Crippen MR) is 138 cm³/mol. The lowest BCUT2D eigenvalue weighted by Gasteiger charge is -2.11. The van der Waals surface area contributed by atoms with Gasteiger partial charge >= 0.3 is 0 Å². The summed E-state index contributed by atoms with van der Waals surface area (Å²) >= 11 is 29.6. The van der Waals surface area contributed by atoms with E-state index < -0.39 is 6.10 Å². The van der Waals surface area contributed by atoms with Crippen molar-refractivity contribution in [2.45, 2.75) is 11.5 Å². The highest BCUT2D eigenvalue weighted by Crippen LogP contribution is 2.30. The molecule has 4 aromatic rings. The molecule has 6 heteroatoms. The summed E-state index contributed by atoms with van der Waals surface area (Å²) < 4.78 is 0. The number of rotatable bonds is 4. The first kappa shape index (κ1) is 24.9. The van der Waals surface area contributed by atoms with Gasteiger partial charge in [-0.25, -0.2) is 0 Å². The van der Waals surface area contributed by atoms with E-state index in [9.17, 15) is 5.11 Å². The Bertz CT molecular complexity index is 925. The molecular weight excluding hydrogens is 506 g/mol. The third-order valence-corrected chi connectivity index (χ3v) is 6.21. The van der Waals surface area contributed by atoms with Crippen LogP contribution in [-0.4, -0.2) is 5.11 Å². The van der Waals surface area contributed by atoms with Gasteiger partial charge in [0.25, 0.3) is 0 Å². The van der Waals surface area contributed by atoms with Gasteiger partial charge in [0.05, 0.1) is 5.38 Å². The molecule has 0 saturated heterocycles. The Hall–Kier alpha value is -1.71. The summed E-state index contributed by atoms with van der Waals surface area (Å²) in [7, 11) is 0. The van der Waals surface area contributed by atoms with Crippen molar-refractivity contribution in [2.24, 2.45) is 0 Å². The van der Waals surface area contributed by atoms with Gasteiger partial charge in [-0.15, -0.1) is 11.6 Å². The van der Waals surface area contributed by atoms with Crippen LogP contribution >= 0.6 is 58.0 Å². The highest BCUT2D eigenvalue weighted by molar-refractivity contribution is 6.31. The van der Waals surface area contributed by atoms with E-state index in [4.69, 9.17) is 58.0 Å². The Morgan fingerprint density at radius 1 is 0.406 bits per heavy atom. The zero-order valence-electron chi connectivity index (χ0n) is 16.7. The van der Waals surface area contributed by atoms with Crippen molar-refractivity contribution < 1.29 is 5.11 Å². The van der Waals surface area contributed by atoms with Crippen LogP contribution in [0.25, 0.3) is 0 Å². The molecule has 0 atom stereocenters. The zero-order valence-corrected chi connectivity index (χ0v) is 20.5. The van der Waals surface area contributed by atoms with Gasteiger partial charge < -0.3 is 5.11 Å². The zero-order chi connectivity index (χ0) is 23.1. The van der Waals surface area contributed by atoms with Crippen LogP contribution in [-0.2, 0) is 0 Å². The number of hydrogen-bond donors (Lipinski definition) is 1. The van der Waals surface area contributed by atoms with Crippen molar-refractivity contribution in [3.05, 3.63) is 139 Å². The maximum Gasteiger partial charge on any atom is 0.104 e. The van der Waals surface area contributed by atoms with E-state index in [1.807, 2.05) is 72.8 Å². The maximum atomic E-state index is 10.1. The summed E-state index contributed by atoms with van der Waals surface area (Å²) in [5.41, 5.74) is 3.67. The third-order valence-electron chi connectivity index (χ3n) is 4.70. The first-order chi connectivity index (χ1) is 15.3. The molecular formula is C26H19Cl5O. The smallest absolute Gasteiger partial charge is 0.104 e. The third kappa shape index (κ3) is 7.15. The van der Waals surface area contributed by atoms with Gasteiger partial charge in [-0.2, -0.15) is 0 Å². The number of benzene rings is 4. The number of hydrogen-bond acceptors (Lipinski definition) is 1. The number of aliphatic hydroxyl groups is 1. The molecule has 0 aliphatic rings. The van der Waals surface area contributed by atoms with Gasteiger partial charge in [-0.05, 0) is 70.8 Å². The lowest BCUT2D eigenvalue weighted by Crippen LogP contribution is -1.98. The summed E-state index contributed by atoms with van der Waals surface area (Å²) in [4.78, 5) is 0. The van der Waals surface area contributed by atoms with Crippen LogP contribution < -0.4 is 0 Å². The van der Waals surface area contributed by atoms with Gasteiger partial charge in [0.15, 0.2) is 0 Å². The second kappa shape index (κ2) is 12.0. The fourth-order valence-electron chi connectivity index (χ4n) is 2.94. The lowest BCUT2D eigenvalue weighted by atomic mass is 10.0. The SMILES string of the molecule is Clc1ccc(C(Cl)c2ccc(Cl)cc2)cc1.OC(c1ccc(Cl)cc1)c1ccc(Cl)cc1. The Kier molecular flexibility index (Phi) is 9.31. The fraction of sp³-hybridized carbons (Fsp3) is 0.0769. The molecule has 0 aliphatic carbocycles. The van der Waals surface area contributed by atoms with E-state index in [1.54, 1.807) is 24.3 Å². The van der Waals surface area contributed by atoms with Crippen molar-refractivity contribution in [3.63, 3.8) is 0 Å². The Morgan fingerprint density at radius 3 is 0.875 bits per heavy atom. The molecule has 0 unspecified atom stereocenters. The van der Waals surface area contributed by atoms with Gasteiger partial charge in [0.2, 0.25) is 0 Å². The van der Waals surface area contributed by atoms with Crippen molar-refractivity contribution in [3.8, 4) is 0 Å². The molecule has 0 aromatic heterocycles. The van der Waals surface area contributed by atoms with Crippen molar-refractivity contribution >= 4 is 58.0 Å². The van der Waals surface area contributed by atoms with Gasteiger partial charge in [-0.3, -0.25) is 0 Å².